The van der Waals surface area contributed by atoms with Crippen LogP contribution in [0.1, 0.15) is 49.4 Å². The average molecular weight is 327 g/mol. The highest BCUT2D eigenvalue weighted by molar-refractivity contribution is 5.79. The van der Waals surface area contributed by atoms with Crippen LogP contribution in [-0.4, -0.2) is 21.8 Å². The molecule has 0 aliphatic heterocycles. The van der Waals surface area contributed by atoms with Gasteiger partial charge in [0.1, 0.15) is 5.78 Å². The lowest BCUT2D eigenvalue weighted by molar-refractivity contribution is -0.122. The van der Waals surface area contributed by atoms with Gasteiger partial charge < -0.3 is 9.84 Å². The van der Waals surface area contributed by atoms with Crippen molar-refractivity contribution in [3.05, 3.63) is 47.6 Å². The van der Waals surface area contributed by atoms with Crippen LogP contribution in [0.3, 0.4) is 0 Å². The normalized spacial score (nSPS) is 20.8. The maximum Gasteiger partial charge on any atom is 0.230 e. The number of nitrogens with zero attached hydrogens (tertiary/aromatic N) is 2. The van der Waals surface area contributed by atoms with Crippen LogP contribution in [0.4, 0.5) is 0 Å². The number of benzene rings is 1. The number of rotatable bonds is 5. The molecule has 6 heteroatoms. The molecule has 2 atom stereocenters. The Balaban J connectivity index is 1.54. The molecule has 1 heterocycles. The third kappa shape index (κ3) is 4.07. The van der Waals surface area contributed by atoms with Gasteiger partial charge in [-0.2, -0.15) is 4.98 Å². The molecule has 2 aromatic rings. The monoisotopic (exact) mass is 327 g/mol. The van der Waals surface area contributed by atoms with E-state index in [0.29, 0.717) is 36.9 Å². The summed E-state index contributed by atoms with van der Waals surface area (Å²) in [5.41, 5.74) is 1.04. The zero-order chi connectivity index (χ0) is 16.9. The standard InChI is InChI=1S/C18H21N3O3/c1-12-9-14(22)7-8-15(12)18-20-16(21-24-18)10-17(23)19-11-13-5-3-2-4-6-13/h2-6,12,15H,7-11H2,1H3,(H,19,23)/t12-,15+/m1/s1. The van der Waals surface area contributed by atoms with E-state index in [1.807, 2.05) is 37.3 Å². The summed E-state index contributed by atoms with van der Waals surface area (Å²) in [6.45, 7) is 2.50. The van der Waals surface area contributed by atoms with E-state index in [4.69, 9.17) is 4.52 Å². The lowest BCUT2D eigenvalue weighted by Gasteiger charge is -2.24. The van der Waals surface area contributed by atoms with Gasteiger partial charge in [0, 0.05) is 25.3 Å². The number of Topliss-reactive ketones (excluding diaryl/α,β-unsaturated/α-hetero) is 1. The van der Waals surface area contributed by atoms with Crippen LogP contribution in [0.25, 0.3) is 0 Å². The number of carbonyl (C=O) groups excluding carboxylic acids is 2. The first-order valence-corrected chi connectivity index (χ1v) is 8.26. The van der Waals surface area contributed by atoms with Crippen LogP contribution in [0.5, 0.6) is 0 Å². The number of aromatic nitrogens is 2. The van der Waals surface area contributed by atoms with Crippen molar-refractivity contribution in [2.45, 2.75) is 45.1 Å². The third-order valence-electron chi connectivity index (χ3n) is 4.42. The van der Waals surface area contributed by atoms with Crippen LogP contribution in [0.2, 0.25) is 0 Å². The molecule has 0 saturated heterocycles. The van der Waals surface area contributed by atoms with Crippen molar-refractivity contribution >= 4 is 11.7 Å². The van der Waals surface area contributed by atoms with Gasteiger partial charge in [-0.1, -0.05) is 42.4 Å². The van der Waals surface area contributed by atoms with Crippen molar-refractivity contribution in [2.75, 3.05) is 0 Å². The molecule has 1 saturated carbocycles. The Labute approximate surface area is 140 Å². The summed E-state index contributed by atoms with van der Waals surface area (Å²) in [6.07, 6.45) is 1.95. The van der Waals surface area contributed by atoms with Crippen LogP contribution < -0.4 is 5.32 Å². The molecule has 1 N–H and O–H groups in total. The first-order chi connectivity index (χ1) is 11.6. The molecule has 126 valence electrons. The zero-order valence-corrected chi connectivity index (χ0v) is 13.7. The van der Waals surface area contributed by atoms with Crippen molar-refractivity contribution in [1.29, 1.82) is 0 Å². The lowest BCUT2D eigenvalue weighted by Crippen LogP contribution is -2.25. The van der Waals surface area contributed by atoms with Crippen LogP contribution >= 0.6 is 0 Å². The van der Waals surface area contributed by atoms with Gasteiger partial charge in [0.25, 0.3) is 0 Å². The molecule has 1 aliphatic rings. The molecule has 0 unspecified atom stereocenters. The van der Waals surface area contributed by atoms with Gasteiger partial charge in [0.05, 0.1) is 6.42 Å². The van der Waals surface area contributed by atoms with E-state index in [1.165, 1.54) is 0 Å². The Kier molecular flexibility index (Phi) is 5.03. The van der Waals surface area contributed by atoms with Crippen molar-refractivity contribution < 1.29 is 14.1 Å². The summed E-state index contributed by atoms with van der Waals surface area (Å²) in [5.74, 6) is 1.39. The molecule has 1 aromatic heterocycles. The molecule has 6 nitrogen and oxygen atoms in total. The molecular formula is C18H21N3O3. The highest BCUT2D eigenvalue weighted by Crippen LogP contribution is 2.35. The van der Waals surface area contributed by atoms with Gasteiger partial charge in [-0.25, -0.2) is 0 Å². The van der Waals surface area contributed by atoms with Crippen LogP contribution in [-0.2, 0) is 22.6 Å². The van der Waals surface area contributed by atoms with E-state index >= 15 is 0 Å². The molecule has 1 aromatic carbocycles. The average Bonchev–Trinajstić information content (AvgIpc) is 3.02. The van der Waals surface area contributed by atoms with E-state index < -0.39 is 0 Å². The topological polar surface area (TPSA) is 85.1 Å². The number of carbonyl (C=O) groups is 2. The molecule has 24 heavy (non-hydrogen) atoms. The van der Waals surface area contributed by atoms with Crippen LogP contribution in [0, 0.1) is 5.92 Å². The summed E-state index contributed by atoms with van der Waals surface area (Å²) in [5, 5.41) is 6.75. The Morgan fingerprint density at radius 3 is 2.88 bits per heavy atom. The number of nitrogens with one attached hydrogen (secondary N) is 1. The molecular weight excluding hydrogens is 306 g/mol. The zero-order valence-electron chi connectivity index (χ0n) is 13.7. The fraction of sp³-hybridized carbons (Fsp3) is 0.444. The summed E-state index contributed by atoms with van der Waals surface area (Å²) >= 11 is 0. The largest absolute Gasteiger partial charge is 0.352 e. The first-order valence-electron chi connectivity index (χ1n) is 8.26. The highest BCUT2D eigenvalue weighted by Gasteiger charge is 2.31. The number of ketones is 1. The van der Waals surface area contributed by atoms with Crippen molar-refractivity contribution in [2.24, 2.45) is 5.92 Å². The first kappa shape index (κ1) is 16.4. The quantitative estimate of drug-likeness (QED) is 0.911. The van der Waals surface area contributed by atoms with Gasteiger partial charge >= 0.3 is 0 Å². The van der Waals surface area contributed by atoms with E-state index in [-0.39, 0.29) is 24.2 Å². The number of hydrogen-bond acceptors (Lipinski definition) is 5. The molecule has 1 aliphatic carbocycles. The number of hydrogen-bond donors (Lipinski definition) is 1. The van der Waals surface area contributed by atoms with Gasteiger partial charge in [0.15, 0.2) is 5.82 Å². The van der Waals surface area contributed by atoms with E-state index in [1.54, 1.807) is 0 Å². The second-order valence-electron chi connectivity index (χ2n) is 6.35. The van der Waals surface area contributed by atoms with Crippen molar-refractivity contribution in [1.82, 2.24) is 15.5 Å². The third-order valence-corrected chi connectivity index (χ3v) is 4.42. The molecule has 0 bridgehead atoms. The van der Waals surface area contributed by atoms with Gasteiger partial charge in [0.2, 0.25) is 11.8 Å². The maximum absolute atomic E-state index is 12.0. The summed E-state index contributed by atoms with van der Waals surface area (Å²) in [6, 6.07) is 9.72. The highest BCUT2D eigenvalue weighted by atomic mass is 16.5. The van der Waals surface area contributed by atoms with Gasteiger partial charge in [-0.15, -0.1) is 0 Å². The Hall–Kier alpha value is -2.50. The predicted octanol–water partition coefficient (Wildman–Crippen LogP) is 2.40. The molecule has 3 rings (SSSR count). The van der Waals surface area contributed by atoms with E-state index in [2.05, 4.69) is 15.5 Å². The second-order valence-corrected chi connectivity index (χ2v) is 6.35. The lowest BCUT2D eigenvalue weighted by atomic mass is 9.80. The smallest absolute Gasteiger partial charge is 0.230 e. The predicted molar refractivity (Wildman–Crippen MR) is 87.1 cm³/mol. The Morgan fingerprint density at radius 2 is 2.12 bits per heavy atom. The van der Waals surface area contributed by atoms with Gasteiger partial charge in [-0.05, 0) is 17.9 Å². The Bertz CT molecular complexity index is 711. The fourth-order valence-corrected chi connectivity index (χ4v) is 3.06. The minimum Gasteiger partial charge on any atom is -0.352 e. The van der Waals surface area contributed by atoms with Crippen molar-refractivity contribution in [3.63, 3.8) is 0 Å². The maximum atomic E-state index is 12.0. The Morgan fingerprint density at radius 1 is 1.33 bits per heavy atom. The second kappa shape index (κ2) is 7.38. The SMILES string of the molecule is C[C@@H]1CC(=O)CC[C@@H]1c1nc(CC(=O)NCc2ccccc2)no1. The minimum absolute atomic E-state index is 0.0936. The molecule has 1 amide bonds. The molecule has 1 fully saturated rings. The molecule has 0 spiro atoms. The summed E-state index contributed by atoms with van der Waals surface area (Å²) in [7, 11) is 0. The number of amides is 1. The minimum atomic E-state index is -0.141. The van der Waals surface area contributed by atoms with Gasteiger partial charge in [-0.3, -0.25) is 9.59 Å². The van der Waals surface area contributed by atoms with Crippen LogP contribution in [0.15, 0.2) is 34.9 Å². The molecule has 0 radical (unpaired) electrons. The summed E-state index contributed by atoms with van der Waals surface area (Å²) in [4.78, 5) is 27.8. The van der Waals surface area contributed by atoms with Crippen molar-refractivity contribution in [3.8, 4) is 0 Å². The summed E-state index contributed by atoms with van der Waals surface area (Å²) < 4.78 is 5.32. The van der Waals surface area contributed by atoms with E-state index in [0.717, 1.165) is 12.0 Å². The van der Waals surface area contributed by atoms with E-state index in [9.17, 15) is 9.59 Å². The fourth-order valence-electron chi connectivity index (χ4n) is 3.06.